The van der Waals surface area contributed by atoms with E-state index in [1.165, 1.54) is 50.3 Å². The van der Waals surface area contributed by atoms with E-state index in [4.69, 9.17) is 0 Å². The highest BCUT2D eigenvalue weighted by atomic mass is 32.2. The molecule has 4 fully saturated rings. The number of carbonyl (C=O) groups excluding carboxylic acids is 1. The summed E-state index contributed by atoms with van der Waals surface area (Å²) in [4.78, 5) is 12.5. The van der Waals surface area contributed by atoms with Crippen LogP contribution in [0.4, 0.5) is 0 Å². The second-order valence-electron chi connectivity index (χ2n) is 8.97. The zero-order chi connectivity index (χ0) is 17.6. The first kappa shape index (κ1) is 17.4. The van der Waals surface area contributed by atoms with E-state index in [2.05, 4.69) is 36.3 Å². The van der Waals surface area contributed by atoms with Crippen LogP contribution in [0.5, 0.6) is 0 Å². The second kappa shape index (κ2) is 6.60. The molecule has 5 rings (SSSR count). The summed E-state index contributed by atoms with van der Waals surface area (Å²) < 4.78 is 2.01. The summed E-state index contributed by atoms with van der Waals surface area (Å²) in [6.45, 7) is 6.44. The van der Waals surface area contributed by atoms with E-state index in [9.17, 15) is 4.79 Å². The van der Waals surface area contributed by atoms with Gasteiger partial charge in [-0.1, -0.05) is 11.8 Å². The summed E-state index contributed by atoms with van der Waals surface area (Å²) in [5.74, 6) is 3.31. The lowest BCUT2D eigenvalue weighted by Gasteiger charge is -2.59. The monoisotopic (exact) mass is 362 g/mol. The molecule has 1 N–H and O–H groups in total. The fourth-order valence-corrected chi connectivity index (χ4v) is 6.82. The molecule has 1 aromatic heterocycles. The summed E-state index contributed by atoms with van der Waals surface area (Å²) in [6.07, 6.45) is 10.1. The predicted octanol–water partition coefficient (Wildman–Crippen LogP) is 3.67. The zero-order valence-corrected chi connectivity index (χ0v) is 16.4. The summed E-state index contributed by atoms with van der Waals surface area (Å²) >= 11 is 1.49. The maximum Gasteiger partial charge on any atom is 0.230 e. The van der Waals surface area contributed by atoms with Gasteiger partial charge in [-0.25, -0.2) is 0 Å². The fourth-order valence-electron chi connectivity index (χ4n) is 5.96. The highest BCUT2D eigenvalue weighted by molar-refractivity contribution is 7.99. The van der Waals surface area contributed by atoms with Gasteiger partial charge in [-0.2, -0.15) is 0 Å². The summed E-state index contributed by atoms with van der Waals surface area (Å²) in [6, 6.07) is 0.600. The third-order valence-electron chi connectivity index (χ3n) is 6.81. The van der Waals surface area contributed by atoms with Crippen LogP contribution in [0.15, 0.2) is 11.5 Å². The van der Waals surface area contributed by atoms with Crippen molar-refractivity contribution in [3.05, 3.63) is 6.33 Å². The largest absolute Gasteiger partial charge is 0.352 e. The Balaban J connectivity index is 1.34. The Kier molecular flexibility index (Phi) is 4.59. The van der Waals surface area contributed by atoms with Crippen LogP contribution in [0.2, 0.25) is 0 Å². The van der Waals surface area contributed by atoms with Gasteiger partial charge in [-0.15, -0.1) is 10.2 Å². The van der Waals surface area contributed by atoms with Gasteiger partial charge in [0.2, 0.25) is 5.91 Å². The van der Waals surface area contributed by atoms with Gasteiger partial charge in [0.05, 0.1) is 5.75 Å². The lowest BCUT2D eigenvalue weighted by Crippen LogP contribution is -2.56. The minimum atomic E-state index is 0.131. The van der Waals surface area contributed by atoms with Crippen molar-refractivity contribution < 1.29 is 4.79 Å². The molecule has 0 saturated heterocycles. The first-order valence-corrected chi connectivity index (χ1v) is 10.8. The maximum atomic E-state index is 12.5. The van der Waals surface area contributed by atoms with Gasteiger partial charge in [0.15, 0.2) is 5.16 Å². The second-order valence-corrected chi connectivity index (χ2v) is 9.91. The van der Waals surface area contributed by atoms with Crippen LogP contribution < -0.4 is 5.32 Å². The molecule has 0 unspecified atom stereocenters. The molecule has 4 bridgehead atoms. The van der Waals surface area contributed by atoms with Gasteiger partial charge in [0.1, 0.15) is 6.33 Å². The lowest BCUT2D eigenvalue weighted by molar-refractivity contribution is -0.123. The normalized spacial score (nSPS) is 34.5. The van der Waals surface area contributed by atoms with Crippen LogP contribution in [-0.2, 0) is 4.79 Å². The number of hydrogen-bond donors (Lipinski definition) is 1. The van der Waals surface area contributed by atoms with E-state index in [-0.39, 0.29) is 11.9 Å². The smallest absolute Gasteiger partial charge is 0.230 e. The number of nitrogens with zero attached hydrogens (tertiary/aromatic N) is 3. The van der Waals surface area contributed by atoms with Crippen molar-refractivity contribution >= 4 is 17.7 Å². The lowest BCUT2D eigenvalue weighted by atomic mass is 9.48. The summed E-state index contributed by atoms with van der Waals surface area (Å²) in [7, 11) is 0. The van der Waals surface area contributed by atoms with Crippen LogP contribution in [0.25, 0.3) is 0 Å². The van der Waals surface area contributed by atoms with Gasteiger partial charge in [0, 0.05) is 12.1 Å². The van der Waals surface area contributed by atoms with E-state index in [0.29, 0.717) is 17.2 Å². The quantitative estimate of drug-likeness (QED) is 0.785. The minimum Gasteiger partial charge on any atom is -0.352 e. The summed E-state index contributed by atoms with van der Waals surface area (Å²) in [5.41, 5.74) is 0.368. The first-order valence-electron chi connectivity index (χ1n) is 9.77. The van der Waals surface area contributed by atoms with Crippen molar-refractivity contribution in [2.75, 3.05) is 5.75 Å². The number of hydrogen-bond acceptors (Lipinski definition) is 4. The Morgan fingerprint density at radius 1 is 1.24 bits per heavy atom. The zero-order valence-electron chi connectivity index (χ0n) is 15.6. The first-order chi connectivity index (χ1) is 11.9. The molecule has 0 aliphatic heterocycles. The van der Waals surface area contributed by atoms with Crippen molar-refractivity contribution in [1.82, 2.24) is 20.1 Å². The predicted molar refractivity (Wildman–Crippen MR) is 99.3 cm³/mol. The number of nitrogens with one attached hydrogen (secondary N) is 1. The fraction of sp³-hybridized carbons (Fsp3) is 0.842. The maximum absolute atomic E-state index is 12.5. The van der Waals surface area contributed by atoms with Gasteiger partial charge < -0.3 is 9.88 Å². The van der Waals surface area contributed by atoms with Crippen molar-refractivity contribution in [2.45, 2.75) is 76.5 Å². The number of amides is 1. The number of rotatable bonds is 6. The molecule has 1 amide bonds. The Bertz CT molecular complexity index is 606. The Labute approximate surface area is 154 Å². The SMILES string of the molecule is CC(C)n1cnnc1SCC(=O)N[C@@H](C)C12CC3CC(CC(C3)C1)C2. The molecule has 0 aromatic carbocycles. The van der Waals surface area contributed by atoms with Gasteiger partial charge in [-0.3, -0.25) is 4.79 Å². The van der Waals surface area contributed by atoms with Gasteiger partial charge in [-0.05, 0) is 82.5 Å². The number of thioether (sulfide) groups is 1. The molecule has 6 heteroatoms. The van der Waals surface area contributed by atoms with Crippen molar-refractivity contribution in [3.8, 4) is 0 Å². The van der Waals surface area contributed by atoms with E-state index >= 15 is 0 Å². The van der Waals surface area contributed by atoms with Crippen LogP contribution in [0.3, 0.4) is 0 Å². The van der Waals surface area contributed by atoms with E-state index < -0.39 is 0 Å². The van der Waals surface area contributed by atoms with Crippen LogP contribution in [0.1, 0.15) is 65.3 Å². The molecular weight excluding hydrogens is 332 g/mol. The van der Waals surface area contributed by atoms with E-state index in [1.54, 1.807) is 6.33 Å². The Morgan fingerprint density at radius 3 is 2.40 bits per heavy atom. The third kappa shape index (κ3) is 3.34. The molecule has 138 valence electrons. The van der Waals surface area contributed by atoms with E-state index in [0.717, 1.165) is 22.9 Å². The van der Waals surface area contributed by atoms with E-state index in [1.807, 2.05) is 4.57 Å². The van der Waals surface area contributed by atoms with Gasteiger partial charge in [0.25, 0.3) is 0 Å². The molecule has 0 radical (unpaired) electrons. The molecule has 4 saturated carbocycles. The van der Waals surface area contributed by atoms with Crippen molar-refractivity contribution in [3.63, 3.8) is 0 Å². The highest BCUT2D eigenvalue weighted by Gasteiger charge is 2.53. The Hall–Kier alpha value is -1.04. The molecule has 1 atom stereocenters. The van der Waals surface area contributed by atoms with Crippen LogP contribution >= 0.6 is 11.8 Å². The highest BCUT2D eigenvalue weighted by Crippen LogP contribution is 2.61. The van der Waals surface area contributed by atoms with Crippen molar-refractivity contribution in [2.24, 2.45) is 23.2 Å². The number of carbonyl (C=O) groups is 1. The molecule has 5 nitrogen and oxygen atoms in total. The molecule has 1 heterocycles. The third-order valence-corrected chi connectivity index (χ3v) is 7.77. The molecule has 1 aromatic rings. The molecule has 4 aliphatic rings. The number of aromatic nitrogens is 3. The van der Waals surface area contributed by atoms with Crippen molar-refractivity contribution in [1.29, 1.82) is 0 Å². The standard InChI is InChI=1S/C19H30N4OS/c1-12(2)23-11-20-22-18(23)25-10-17(24)21-13(3)19-7-14-4-15(8-19)6-16(5-14)9-19/h11-16H,4-10H2,1-3H3,(H,21,24)/t13-,14?,15?,16?,19?/m0/s1. The van der Waals surface area contributed by atoms with Crippen LogP contribution in [-0.4, -0.2) is 32.5 Å². The average Bonchev–Trinajstić information content (AvgIpc) is 3.00. The molecule has 0 spiro atoms. The summed E-state index contributed by atoms with van der Waals surface area (Å²) in [5, 5.41) is 12.3. The molecular formula is C19H30N4OS. The van der Waals surface area contributed by atoms with Crippen LogP contribution in [0, 0.1) is 23.2 Å². The topological polar surface area (TPSA) is 59.8 Å². The Morgan fingerprint density at radius 2 is 1.84 bits per heavy atom. The minimum absolute atomic E-state index is 0.131. The average molecular weight is 363 g/mol. The molecule has 4 aliphatic carbocycles. The molecule has 25 heavy (non-hydrogen) atoms. The van der Waals surface area contributed by atoms with Gasteiger partial charge >= 0.3 is 0 Å².